The van der Waals surface area contributed by atoms with Crippen molar-refractivity contribution in [3.05, 3.63) is 21.7 Å². The Kier molecular flexibility index (Phi) is 3.96. The number of aromatic hydroxyl groups is 1. The van der Waals surface area contributed by atoms with Gasteiger partial charge < -0.3 is 20.7 Å². The quantitative estimate of drug-likeness (QED) is 0.781. The predicted molar refractivity (Wildman–Crippen MR) is 61.1 cm³/mol. The van der Waals surface area contributed by atoms with Gasteiger partial charge in [-0.15, -0.1) is 0 Å². The summed E-state index contributed by atoms with van der Waals surface area (Å²) in [5.41, 5.74) is 6.53. The SMILES string of the molecule is COc1cc(Br)c(C)c(C(O)CN)c1O. The molecule has 0 heterocycles. The third kappa shape index (κ3) is 2.25. The number of phenolic OH excluding ortho intramolecular Hbond substituents is 1. The van der Waals surface area contributed by atoms with E-state index in [1.54, 1.807) is 13.0 Å². The van der Waals surface area contributed by atoms with Gasteiger partial charge in [0.15, 0.2) is 11.5 Å². The number of nitrogens with two attached hydrogens (primary N) is 1. The fourth-order valence-electron chi connectivity index (χ4n) is 1.41. The zero-order chi connectivity index (χ0) is 11.6. The molecule has 0 aliphatic heterocycles. The van der Waals surface area contributed by atoms with Crippen LogP contribution in [0.25, 0.3) is 0 Å². The van der Waals surface area contributed by atoms with Crippen LogP contribution in [0.1, 0.15) is 17.2 Å². The van der Waals surface area contributed by atoms with Gasteiger partial charge in [0.05, 0.1) is 13.2 Å². The van der Waals surface area contributed by atoms with Crippen LogP contribution in [0.5, 0.6) is 11.5 Å². The second-order valence-electron chi connectivity index (χ2n) is 3.20. The van der Waals surface area contributed by atoms with E-state index in [1.807, 2.05) is 0 Å². The van der Waals surface area contributed by atoms with Gasteiger partial charge in [-0.3, -0.25) is 0 Å². The highest BCUT2D eigenvalue weighted by Crippen LogP contribution is 2.39. The first kappa shape index (κ1) is 12.3. The minimum Gasteiger partial charge on any atom is -0.504 e. The molecular weight excluding hydrogens is 262 g/mol. The predicted octanol–water partition coefficient (Wildman–Crippen LogP) is 1.46. The van der Waals surface area contributed by atoms with Crippen LogP contribution < -0.4 is 10.5 Å². The Morgan fingerprint density at radius 1 is 1.60 bits per heavy atom. The zero-order valence-corrected chi connectivity index (χ0v) is 10.2. The molecule has 15 heavy (non-hydrogen) atoms. The molecule has 1 aromatic rings. The molecule has 1 aromatic carbocycles. The molecule has 4 nitrogen and oxygen atoms in total. The molecule has 0 aliphatic carbocycles. The van der Waals surface area contributed by atoms with Crippen LogP contribution >= 0.6 is 15.9 Å². The number of halogens is 1. The van der Waals surface area contributed by atoms with E-state index < -0.39 is 6.10 Å². The lowest BCUT2D eigenvalue weighted by Crippen LogP contribution is -2.13. The summed E-state index contributed by atoms with van der Waals surface area (Å²) < 4.78 is 5.75. The van der Waals surface area contributed by atoms with Gasteiger partial charge in [-0.2, -0.15) is 0 Å². The van der Waals surface area contributed by atoms with Crippen LogP contribution in [0.2, 0.25) is 0 Å². The first-order valence-corrected chi connectivity index (χ1v) is 5.26. The van der Waals surface area contributed by atoms with Gasteiger partial charge in [0.1, 0.15) is 0 Å². The Morgan fingerprint density at radius 2 is 2.20 bits per heavy atom. The molecule has 1 rings (SSSR count). The van der Waals surface area contributed by atoms with Crippen molar-refractivity contribution in [3.63, 3.8) is 0 Å². The Morgan fingerprint density at radius 3 is 2.67 bits per heavy atom. The topological polar surface area (TPSA) is 75.7 Å². The van der Waals surface area contributed by atoms with Crippen LogP contribution in [-0.2, 0) is 0 Å². The van der Waals surface area contributed by atoms with Crippen molar-refractivity contribution >= 4 is 15.9 Å². The van der Waals surface area contributed by atoms with Crippen LogP contribution in [0.15, 0.2) is 10.5 Å². The molecule has 0 radical (unpaired) electrons. The van der Waals surface area contributed by atoms with Crippen molar-refractivity contribution in [2.24, 2.45) is 5.73 Å². The summed E-state index contributed by atoms with van der Waals surface area (Å²) >= 11 is 3.33. The molecule has 1 unspecified atom stereocenters. The first-order chi connectivity index (χ1) is 7.02. The molecule has 0 fully saturated rings. The van der Waals surface area contributed by atoms with Gasteiger partial charge >= 0.3 is 0 Å². The van der Waals surface area contributed by atoms with Gasteiger partial charge in [-0.25, -0.2) is 0 Å². The maximum Gasteiger partial charge on any atom is 0.163 e. The average Bonchev–Trinajstić information content (AvgIpc) is 2.23. The molecule has 4 N–H and O–H groups in total. The van der Waals surface area contributed by atoms with Crippen molar-refractivity contribution in [1.82, 2.24) is 0 Å². The fourth-order valence-corrected chi connectivity index (χ4v) is 1.83. The van der Waals surface area contributed by atoms with Crippen molar-refractivity contribution in [1.29, 1.82) is 0 Å². The number of hydrogen-bond acceptors (Lipinski definition) is 4. The molecule has 0 bridgehead atoms. The zero-order valence-electron chi connectivity index (χ0n) is 8.62. The highest BCUT2D eigenvalue weighted by atomic mass is 79.9. The maximum atomic E-state index is 9.83. The lowest BCUT2D eigenvalue weighted by molar-refractivity contribution is 0.180. The van der Waals surface area contributed by atoms with E-state index in [0.29, 0.717) is 11.3 Å². The lowest BCUT2D eigenvalue weighted by Gasteiger charge is -2.17. The van der Waals surface area contributed by atoms with E-state index in [0.717, 1.165) is 10.0 Å². The lowest BCUT2D eigenvalue weighted by atomic mass is 10.0. The Hall–Kier alpha value is -0.780. The van der Waals surface area contributed by atoms with Crippen molar-refractivity contribution in [3.8, 4) is 11.5 Å². The fraction of sp³-hybridized carbons (Fsp3) is 0.400. The highest BCUT2D eigenvalue weighted by molar-refractivity contribution is 9.10. The Balaban J connectivity index is 3.40. The molecule has 0 spiro atoms. The van der Waals surface area contributed by atoms with Crippen molar-refractivity contribution in [2.45, 2.75) is 13.0 Å². The molecule has 0 aromatic heterocycles. The first-order valence-electron chi connectivity index (χ1n) is 4.47. The number of hydrogen-bond donors (Lipinski definition) is 3. The third-order valence-corrected chi connectivity index (χ3v) is 3.11. The number of rotatable bonds is 3. The Labute approximate surface area is 96.8 Å². The number of aliphatic hydroxyl groups is 1. The second-order valence-corrected chi connectivity index (χ2v) is 4.05. The summed E-state index contributed by atoms with van der Waals surface area (Å²) in [6.45, 7) is 1.84. The number of benzene rings is 1. The van der Waals surface area contributed by atoms with Crippen LogP contribution in [0, 0.1) is 6.92 Å². The van der Waals surface area contributed by atoms with E-state index in [2.05, 4.69) is 15.9 Å². The van der Waals surface area contributed by atoms with E-state index in [9.17, 15) is 10.2 Å². The molecule has 0 amide bonds. The molecule has 84 valence electrons. The minimum absolute atomic E-state index is 0.0496. The van der Waals surface area contributed by atoms with Crippen LogP contribution in [0.4, 0.5) is 0 Å². The molecular formula is C10H14BrNO3. The normalized spacial score (nSPS) is 12.6. The van der Waals surface area contributed by atoms with E-state index >= 15 is 0 Å². The molecule has 5 heteroatoms. The average molecular weight is 276 g/mol. The maximum absolute atomic E-state index is 9.83. The number of aliphatic hydroxyl groups excluding tert-OH is 1. The number of ether oxygens (including phenoxy) is 1. The molecule has 0 saturated heterocycles. The molecule has 1 atom stereocenters. The number of phenols is 1. The summed E-state index contributed by atoms with van der Waals surface area (Å²) in [4.78, 5) is 0. The molecule has 0 aliphatic rings. The van der Waals surface area contributed by atoms with Crippen LogP contribution in [0.3, 0.4) is 0 Å². The largest absolute Gasteiger partial charge is 0.504 e. The van der Waals surface area contributed by atoms with Crippen LogP contribution in [-0.4, -0.2) is 23.9 Å². The summed E-state index contributed by atoms with van der Waals surface area (Å²) in [5, 5.41) is 19.5. The highest BCUT2D eigenvalue weighted by Gasteiger charge is 2.19. The summed E-state index contributed by atoms with van der Waals surface area (Å²) in [6, 6.07) is 1.65. The smallest absolute Gasteiger partial charge is 0.163 e. The van der Waals surface area contributed by atoms with Gasteiger partial charge in [-0.1, -0.05) is 15.9 Å². The van der Waals surface area contributed by atoms with Crippen molar-refractivity contribution < 1.29 is 14.9 Å². The number of methoxy groups -OCH3 is 1. The monoisotopic (exact) mass is 275 g/mol. The van der Waals surface area contributed by atoms with E-state index in [1.165, 1.54) is 7.11 Å². The Bertz CT molecular complexity index is 368. The summed E-state index contributed by atoms with van der Waals surface area (Å²) in [6.07, 6.45) is -0.892. The second kappa shape index (κ2) is 4.83. The van der Waals surface area contributed by atoms with Gasteiger partial charge in [0, 0.05) is 16.6 Å². The van der Waals surface area contributed by atoms with E-state index in [-0.39, 0.29) is 12.3 Å². The van der Waals surface area contributed by atoms with Gasteiger partial charge in [0.25, 0.3) is 0 Å². The molecule has 0 saturated carbocycles. The minimum atomic E-state index is -0.892. The van der Waals surface area contributed by atoms with E-state index in [4.69, 9.17) is 10.5 Å². The van der Waals surface area contributed by atoms with Gasteiger partial charge in [-0.05, 0) is 18.6 Å². The summed E-state index contributed by atoms with van der Waals surface area (Å²) in [5.74, 6) is 0.256. The third-order valence-electron chi connectivity index (χ3n) is 2.28. The standard InChI is InChI=1S/C10H14BrNO3/c1-5-6(11)3-8(15-2)10(14)9(5)7(13)4-12/h3,7,13-14H,4,12H2,1-2H3. The van der Waals surface area contributed by atoms with Crippen molar-refractivity contribution in [2.75, 3.05) is 13.7 Å². The summed E-state index contributed by atoms with van der Waals surface area (Å²) in [7, 11) is 1.45. The van der Waals surface area contributed by atoms with Gasteiger partial charge in [0.2, 0.25) is 0 Å².